The van der Waals surface area contributed by atoms with Crippen LogP contribution in [0.15, 0.2) is 60.7 Å². The van der Waals surface area contributed by atoms with Crippen molar-refractivity contribution < 1.29 is 22.7 Å². The zero-order chi connectivity index (χ0) is 24.3. The van der Waals surface area contributed by atoms with Gasteiger partial charge in [0, 0.05) is 36.8 Å². The Morgan fingerprint density at radius 2 is 1.71 bits per heavy atom. The molecule has 1 fully saturated rings. The van der Waals surface area contributed by atoms with Crippen LogP contribution in [0.2, 0.25) is 5.02 Å². The number of anilines is 1. The Bertz CT molecular complexity index is 1130. The topological polar surface area (TPSA) is 58.6 Å². The maximum absolute atomic E-state index is 12.9. The molecule has 1 atom stereocenters. The van der Waals surface area contributed by atoms with Crippen molar-refractivity contribution in [2.75, 3.05) is 31.1 Å². The maximum atomic E-state index is 12.9. The summed E-state index contributed by atoms with van der Waals surface area (Å²) in [4.78, 5) is 16.4. The number of hydrogen-bond acceptors (Lipinski definition) is 5. The van der Waals surface area contributed by atoms with Crippen molar-refractivity contribution in [3.63, 3.8) is 0 Å². The first-order valence-corrected chi connectivity index (χ1v) is 11.1. The number of hydrogen-bond donors (Lipinski definition) is 0. The van der Waals surface area contributed by atoms with E-state index in [1.165, 1.54) is 19.1 Å². The van der Waals surface area contributed by atoms with Crippen molar-refractivity contribution >= 4 is 23.3 Å². The monoisotopic (exact) mass is 490 g/mol. The van der Waals surface area contributed by atoms with Gasteiger partial charge in [0.25, 0.3) is 5.91 Å². The SMILES string of the molecule is CC(Oc1cccc(C(F)(F)F)c1)C(=O)N1CCN(c2ccc(-c3ccc(Cl)cc3)nn2)CC1. The van der Waals surface area contributed by atoms with Crippen LogP contribution in [0.25, 0.3) is 11.3 Å². The number of nitrogens with zero attached hydrogens (tertiary/aromatic N) is 4. The highest BCUT2D eigenvalue weighted by Crippen LogP contribution is 2.31. The zero-order valence-corrected chi connectivity index (χ0v) is 19.1. The number of benzene rings is 2. The molecule has 0 saturated carbocycles. The van der Waals surface area contributed by atoms with E-state index >= 15 is 0 Å². The van der Waals surface area contributed by atoms with Crippen LogP contribution in [0.1, 0.15) is 12.5 Å². The fourth-order valence-electron chi connectivity index (χ4n) is 3.68. The molecule has 3 aromatic rings. The third-order valence-corrected chi connectivity index (χ3v) is 5.78. The smallest absolute Gasteiger partial charge is 0.416 e. The molecule has 4 rings (SSSR count). The quantitative estimate of drug-likeness (QED) is 0.507. The lowest BCUT2D eigenvalue weighted by atomic mass is 10.1. The van der Waals surface area contributed by atoms with E-state index in [0.29, 0.717) is 37.0 Å². The van der Waals surface area contributed by atoms with E-state index in [9.17, 15) is 18.0 Å². The molecule has 1 aliphatic heterocycles. The predicted molar refractivity (Wildman–Crippen MR) is 123 cm³/mol. The van der Waals surface area contributed by atoms with Crippen LogP contribution >= 0.6 is 11.6 Å². The molecule has 1 unspecified atom stereocenters. The van der Waals surface area contributed by atoms with Gasteiger partial charge in [0.15, 0.2) is 11.9 Å². The van der Waals surface area contributed by atoms with Crippen LogP contribution in [-0.4, -0.2) is 53.3 Å². The molecule has 1 amide bonds. The van der Waals surface area contributed by atoms with E-state index in [4.69, 9.17) is 16.3 Å². The maximum Gasteiger partial charge on any atom is 0.416 e. The summed E-state index contributed by atoms with van der Waals surface area (Å²) in [5.74, 6) is 0.435. The van der Waals surface area contributed by atoms with Gasteiger partial charge in [0.05, 0.1) is 11.3 Å². The number of amides is 1. The summed E-state index contributed by atoms with van der Waals surface area (Å²) in [7, 11) is 0. The Morgan fingerprint density at radius 1 is 1.00 bits per heavy atom. The normalized spacial score (nSPS) is 15.2. The summed E-state index contributed by atoms with van der Waals surface area (Å²) < 4.78 is 44.2. The summed E-state index contributed by atoms with van der Waals surface area (Å²) in [5.41, 5.74) is 0.824. The lowest BCUT2D eigenvalue weighted by Crippen LogP contribution is -2.52. The van der Waals surface area contributed by atoms with Gasteiger partial charge in [-0.15, -0.1) is 10.2 Å². The second-order valence-electron chi connectivity index (χ2n) is 7.88. The minimum atomic E-state index is -4.47. The fourth-order valence-corrected chi connectivity index (χ4v) is 3.81. The largest absolute Gasteiger partial charge is 0.481 e. The van der Waals surface area contributed by atoms with Crippen LogP contribution in [0, 0.1) is 0 Å². The molecule has 1 aromatic heterocycles. The minimum Gasteiger partial charge on any atom is -0.481 e. The zero-order valence-electron chi connectivity index (χ0n) is 18.3. The Balaban J connectivity index is 1.32. The molecule has 0 aliphatic carbocycles. The average molecular weight is 491 g/mol. The molecular formula is C24H22ClF3N4O2. The molecule has 2 aromatic carbocycles. The van der Waals surface area contributed by atoms with Crippen molar-refractivity contribution in [1.82, 2.24) is 15.1 Å². The summed E-state index contributed by atoms with van der Waals surface area (Å²) in [6.45, 7) is 3.52. The van der Waals surface area contributed by atoms with E-state index in [-0.39, 0.29) is 11.7 Å². The molecule has 34 heavy (non-hydrogen) atoms. The van der Waals surface area contributed by atoms with Gasteiger partial charge < -0.3 is 14.5 Å². The van der Waals surface area contributed by atoms with Crippen LogP contribution < -0.4 is 9.64 Å². The third-order valence-electron chi connectivity index (χ3n) is 5.53. The molecule has 6 nitrogen and oxygen atoms in total. The van der Waals surface area contributed by atoms with Crippen LogP contribution in [0.4, 0.5) is 19.0 Å². The molecule has 0 spiro atoms. The second-order valence-corrected chi connectivity index (χ2v) is 8.32. The van der Waals surface area contributed by atoms with Crippen molar-refractivity contribution in [3.8, 4) is 17.0 Å². The van der Waals surface area contributed by atoms with E-state index in [0.717, 1.165) is 23.4 Å². The Labute approximate surface area is 199 Å². The molecule has 0 N–H and O–H groups in total. The number of carbonyl (C=O) groups excluding carboxylic acids is 1. The van der Waals surface area contributed by atoms with E-state index in [1.54, 1.807) is 17.0 Å². The molecule has 2 heterocycles. The fraction of sp³-hybridized carbons (Fsp3) is 0.292. The lowest BCUT2D eigenvalue weighted by molar-refractivity contribution is -0.138. The number of alkyl halides is 3. The van der Waals surface area contributed by atoms with Crippen molar-refractivity contribution in [2.24, 2.45) is 0 Å². The number of halogens is 4. The van der Waals surface area contributed by atoms with E-state index in [2.05, 4.69) is 10.2 Å². The van der Waals surface area contributed by atoms with Crippen LogP contribution in [0.3, 0.4) is 0 Å². The molecule has 0 bridgehead atoms. The Hall–Kier alpha value is -3.33. The van der Waals surface area contributed by atoms with E-state index in [1.807, 2.05) is 29.2 Å². The minimum absolute atomic E-state index is 0.00497. The van der Waals surface area contributed by atoms with Gasteiger partial charge in [-0.1, -0.05) is 29.8 Å². The number of aromatic nitrogens is 2. The first-order valence-electron chi connectivity index (χ1n) is 10.7. The van der Waals surface area contributed by atoms with Crippen molar-refractivity contribution in [1.29, 1.82) is 0 Å². The van der Waals surface area contributed by atoms with Crippen LogP contribution in [-0.2, 0) is 11.0 Å². The summed E-state index contributed by atoms with van der Waals surface area (Å²) >= 11 is 5.92. The van der Waals surface area contributed by atoms with Crippen molar-refractivity contribution in [3.05, 3.63) is 71.2 Å². The molecule has 10 heteroatoms. The Morgan fingerprint density at radius 3 is 2.32 bits per heavy atom. The van der Waals surface area contributed by atoms with Gasteiger partial charge in [-0.05, 0) is 49.4 Å². The highest BCUT2D eigenvalue weighted by atomic mass is 35.5. The summed E-state index contributed by atoms with van der Waals surface area (Å²) in [6.07, 6.45) is -5.38. The summed E-state index contributed by atoms with van der Waals surface area (Å²) in [6, 6.07) is 15.6. The highest BCUT2D eigenvalue weighted by Gasteiger charge is 2.31. The Kier molecular flexibility index (Phi) is 6.92. The van der Waals surface area contributed by atoms with Crippen molar-refractivity contribution in [2.45, 2.75) is 19.2 Å². The standard InChI is InChI=1S/C24H22ClF3N4O2/c1-16(34-20-4-2-3-18(15-20)24(26,27)28)23(33)32-13-11-31(12-14-32)22-10-9-21(29-30-22)17-5-7-19(25)8-6-17/h2-10,15-16H,11-14H2,1H3. The van der Waals surface area contributed by atoms with Gasteiger partial charge in [-0.3, -0.25) is 4.79 Å². The molecule has 1 saturated heterocycles. The van der Waals surface area contributed by atoms with E-state index < -0.39 is 17.8 Å². The molecule has 1 aliphatic rings. The van der Waals surface area contributed by atoms with Gasteiger partial charge in [-0.2, -0.15) is 13.2 Å². The highest BCUT2D eigenvalue weighted by molar-refractivity contribution is 6.30. The number of ether oxygens (including phenoxy) is 1. The van der Waals surface area contributed by atoms with Gasteiger partial charge in [0.1, 0.15) is 5.75 Å². The third kappa shape index (κ3) is 5.59. The molecule has 178 valence electrons. The van der Waals surface area contributed by atoms with Gasteiger partial charge in [-0.25, -0.2) is 0 Å². The average Bonchev–Trinajstić information content (AvgIpc) is 2.84. The van der Waals surface area contributed by atoms with Crippen LogP contribution in [0.5, 0.6) is 5.75 Å². The molecular weight excluding hydrogens is 469 g/mol. The summed E-state index contributed by atoms with van der Waals surface area (Å²) in [5, 5.41) is 9.25. The van der Waals surface area contributed by atoms with Gasteiger partial charge >= 0.3 is 6.18 Å². The number of rotatable bonds is 5. The molecule has 0 radical (unpaired) electrons. The first kappa shape index (κ1) is 23.8. The van der Waals surface area contributed by atoms with Gasteiger partial charge in [0.2, 0.25) is 0 Å². The number of piperazine rings is 1. The first-order chi connectivity index (χ1) is 16.2. The second kappa shape index (κ2) is 9.89. The predicted octanol–water partition coefficient (Wildman–Crippen LogP) is 4.93. The lowest BCUT2D eigenvalue weighted by Gasteiger charge is -2.36. The number of carbonyl (C=O) groups is 1.